The number of benzene rings is 3. The smallest absolute Gasteiger partial charge is 0.270 e. The van der Waals surface area contributed by atoms with E-state index in [2.05, 4.69) is 94.9 Å². The molecule has 4 nitrogen and oxygen atoms in total. The second-order valence-electron chi connectivity index (χ2n) is 9.24. The van der Waals surface area contributed by atoms with Crippen LogP contribution in [-0.2, 0) is 13.1 Å². The number of hydrogen-bond acceptors (Lipinski definition) is 4. The van der Waals surface area contributed by atoms with Gasteiger partial charge in [-0.15, -0.1) is 11.3 Å². The summed E-state index contributed by atoms with van der Waals surface area (Å²) in [5, 5.41) is 6.52. The zero-order chi connectivity index (χ0) is 25.9. The first-order valence-corrected chi connectivity index (χ1v) is 14.2. The number of hydrogen-bond donors (Lipinski definition) is 1. The number of nitrogens with zero attached hydrogens (tertiary/aromatic N) is 2. The minimum atomic E-state index is -0.0894. The van der Waals surface area contributed by atoms with Crippen molar-refractivity contribution >= 4 is 28.8 Å². The summed E-state index contributed by atoms with van der Waals surface area (Å²) in [6.45, 7) is 5.15. The van der Waals surface area contributed by atoms with Crippen LogP contribution in [0.25, 0.3) is 0 Å². The Labute approximate surface area is 229 Å². The van der Waals surface area contributed by atoms with Gasteiger partial charge >= 0.3 is 0 Å². The van der Waals surface area contributed by atoms with Crippen LogP contribution in [-0.4, -0.2) is 28.9 Å². The van der Waals surface area contributed by atoms with E-state index in [0.717, 1.165) is 42.4 Å². The Hall–Kier alpha value is -2.99. The van der Waals surface area contributed by atoms with Gasteiger partial charge in [-0.25, -0.2) is 4.98 Å². The number of aromatic nitrogens is 1. The van der Waals surface area contributed by atoms with Crippen LogP contribution in [0.3, 0.4) is 0 Å². The zero-order valence-electron chi connectivity index (χ0n) is 21.3. The third-order valence-corrected chi connectivity index (χ3v) is 7.50. The van der Waals surface area contributed by atoms with Gasteiger partial charge in [-0.3, -0.25) is 9.69 Å². The van der Waals surface area contributed by atoms with Gasteiger partial charge in [0.1, 0.15) is 10.7 Å². The molecule has 0 saturated carbocycles. The summed E-state index contributed by atoms with van der Waals surface area (Å²) < 4.78 is 0. The molecule has 0 unspecified atom stereocenters. The number of nitrogens with one attached hydrogen (secondary N) is 1. The lowest BCUT2D eigenvalue weighted by molar-refractivity contribution is 0.0948. The Bertz CT molecular complexity index is 1190. The topological polar surface area (TPSA) is 45.2 Å². The summed E-state index contributed by atoms with van der Waals surface area (Å²) in [6, 6.07) is 29.5. The van der Waals surface area contributed by atoms with Gasteiger partial charge in [0.25, 0.3) is 5.91 Å². The van der Waals surface area contributed by atoms with Gasteiger partial charge in [0.05, 0.1) is 6.54 Å². The van der Waals surface area contributed by atoms with Crippen molar-refractivity contribution in [2.75, 3.05) is 13.1 Å². The number of carbonyl (C=O) groups excluding carboxylic acids is 1. The fraction of sp³-hybridized carbons (Fsp3) is 0.290. The first-order chi connectivity index (χ1) is 18.1. The minimum Gasteiger partial charge on any atom is -0.351 e. The van der Waals surface area contributed by atoms with Crippen molar-refractivity contribution < 1.29 is 4.79 Å². The lowest BCUT2D eigenvalue weighted by Crippen LogP contribution is -2.26. The molecule has 192 valence electrons. The van der Waals surface area contributed by atoms with E-state index >= 15 is 0 Å². The highest BCUT2D eigenvalue weighted by atomic mass is 35.5. The number of halogens is 1. The van der Waals surface area contributed by atoms with Crippen molar-refractivity contribution in [2.24, 2.45) is 0 Å². The van der Waals surface area contributed by atoms with E-state index in [-0.39, 0.29) is 5.91 Å². The van der Waals surface area contributed by atoms with Gasteiger partial charge in [-0.1, -0.05) is 97.7 Å². The van der Waals surface area contributed by atoms with E-state index in [4.69, 9.17) is 11.6 Å². The zero-order valence-corrected chi connectivity index (χ0v) is 22.8. The molecule has 4 rings (SSSR count). The van der Waals surface area contributed by atoms with Crippen LogP contribution in [0.1, 0.15) is 64.3 Å². The van der Waals surface area contributed by atoms with Gasteiger partial charge in [0, 0.05) is 29.4 Å². The highest BCUT2D eigenvalue weighted by Crippen LogP contribution is 2.29. The lowest BCUT2D eigenvalue weighted by Gasteiger charge is -2.25. The normalized spacial score (nSPS) is 11.2. The molecule has 0 bridgehead atoms. The highest BCUT2D eigenvalue weighted by molar-refractivity contribution is 7.09. The molecule has 0 atom stereocenters. The van der Waals surface area contributed by atoms with Crippen molar-refractivity contribution in [3.63, 3.8) is 0 Å². The number of carbonyl (C=O) groups is 1. The maximum Gasteiger partial charge on any atom is 0.270 e. The molecule has 0 saturated heterocycles. The fourth-order valence-electron chi connectivity index (χ4n) is 4.42. The molecule has 0 aliphatic rings. The molecule has 0 aliphatic carbocycles. The number of thiazole rings is 1. The maximum absolute atomic E-state index is 12.5. The Morgan fingerprint density at radius 3 is 2.22 bits per heavy atom. The molecule has 0 fully saturated rings. The molecule has 6 heteroatoms. The largest absolute Gasteiger partial charge is 0.351 e. The monoisotopic (exact) mass is 531 g/mol. The summed E-state index contributed by atoms with van der Waals surface area (Å²) in [6.07, 6.45) is 2.99. The van der Waals surface area contributed by atoms with Crippen LogP contribution in [0.2, 0.25) is 5.02 Å². The van der Waals surface area contributed by atoms with E-state index in [1.165, 1.54) is 16.7 Å². The van der Waals surface area contributed by atoms with Gasteiger partial charge < -0.3 is 5.32 Å². The molecule has 3 aromatic carbocycles. The molecule has 37 heavy (non-hydrogen) atoms. The van der Waals surface area contributed by atoms with Crippen LogP contribution >= 0.6 is 22.9 Å². The Morgan fingerprint density at radius 1 is 0.946 bits per heavy atom. The third kappa shape index (κ3) is 8.26. The summed E-state index contributed by atoms with van der Waals surface area (Å²) in [4.78, 5) is 19.6. The average molecular weight is 532 g/mol. The number of rotatable bonds is 13. The van der Waals surface area contributed by atoms with Crippen molar-refractivity contribution in [3.05, 3.63) is 123 Å². The predicted octanol–water partition coefficient (Wildman–Crippen LogP) is 7.55. The summed E-state index contributed by atoms with van der Waals surface area (Å²) in [7, 11) is 0. The van der Waals surface area contributed by atoms with Gasteiger partial charge in [0.15, 0.2) is 0 Å². The van der Waals surface area contributed by atoms with E-state index in [9.17, 15) is 4.79 Å². The molecular formula is C31H34ClN3OS. The van der Waals surface area contributed by atoms with Gasteiger partial charge in [-0.05, 0) is 48.2 Å². The predicted molar refractivity (Wildman–Crippen MR) is 154 cm³/mol. The standard InChI is InChI=1S/C31H34ClN3OS/c1-2-3-19-33-31(36)29-23-37-30(34-29)22-35(21-24-14-16-27(32)17-15-24)20-18-28(25-10-6-4-7-11-25)26-12-8-5-9-13-26/h4-17,23,28H,2-3,18-22H2,1H3,(H,33,36). The molecule has 0 aliphatic heterocycles. The van der Waals surface area contributed by atoms with E-state index in [1.54, 1.807) is 11.3 Å². The van der Waals surface area contributed by atoms with Crippen molar-refractivity contribution in [2.45, 2.75) is 45.2 Å². The lowest BCUT2D eigenvalue weighted by atomic mass is 9.88. The molecule has 1 aromatic heterocycles. The Morgan fingerprint density at radius 2 is 1.59 bits per heavy atom. The summed E-state index contributed by atoms with van der Waals surface area (Å²) in [5.41, 5.74) is 4.35. The molecule has 4 aromatic rings. The second kappa shape index (κ2) is 14.1. The maximum atomic E-state index is 12.5. The van der Waals surface area contributed by atoms with Crippen LogP contribution < -0.4 is 5.32 Å². The molecule has 1 heterocycles. The first kappa shape index (κ1) is 27.1. The number of amides is 1. The Kier molecular flexibility index (Phi) is 10.3. The van der Waals surface area contributed by atoms with Crippen molar-refractivity contribution in [1.29, 1.82) is 0 Å². The van der Waals surface area contributed by atoms with Crippen molar-refractivity contribution in [3.8, 4) is 0 Å². The van der Waals surface area contributed by atoms with Crippen LogP contribution in [0.4, 0.5) is 0 Å². The van der Waals surface area contributed by atoms with Gasteiger partial charge in [0.2, 0.25) is 0 Å². The Balaban J connectivity index is 1.50. The van der Waals surface area contributed by atoms with E-state index < -0.39 is 0 Å². The molecule has 0 spiro atoms. The van der Waals surface area contributed by atoms with Crippen LogP contribution in [0.5, 0.6) is 0 Å². The molecule has 1 N–H and O–H groups in total. The van der Waals surface area contributed by atoms with Crippen molar-refractivity contribution in [1.82, 2.24) is 15.2 Å². The quantitative estimate of drug-likeness (QED) is 0.181. The summed E-state index contributed by atoms with van der Waals surface area (Å²) >= 11 is 7.69. The highest BCUT2D eigenvalue weighted by Gasteiger charge is 2.18. The average Bonchev–Trinajstić information content (AvgIpc) is 3.40. The molecule has 0 radical (unpaired) electrons. The SMILES string of the molecule is CCCCNC(=O)c1csc(CN(CCC(c2ccccc2)c2ccccc2)Cc2ccc(Cl)cc2)n1. The van der Waals surface area contributed by atoms with E-state index in [0.29, 0.717) is 24.7 Å². The van der Waals surface area contributed by atoms with Crippen LogP contribution in [0, 0.1) is 0 Å². The minimum absolute atomic E-state index is 0.0894. The summed E-state index contributed by atoms with van der Waals surface area (Å²) in [5.74, 6) is 0.208. The number of unbranched alkanes of at least 4 members (excludes halogenated alkanes) is 1. The molecular weight excluding hydrogens is 498 g/mol. The first-order valence-electron chi connectivity index (χ1n) is 12.9. The van der Waals surface area contributed by atoms with E-state index in [1.807, 2.05) is 17.5 Å². The van der Waals surface area contributed by atoms with Gasteiger partial charge in [-0.2, -0.15) is 0 Å². The van der Waals surface area contributed by atoms with Crippen LogP contribution in [0.15, 0.2) is 90.3 Å². The second-order valence-corrected chi connectivity index (χ2v) is 10.6. The third-order valence-electron chi connectivity index (χ3n) is 6.42. The molecule has 1 amide bonds. The fourth-order valence-corrected chi connectivity index (χ4v) is 5.36.